The van der Waals surface area contributed by atoms with E-state index in [1.165, 1.54) is 0 Å². The van der Waals surface area contributed by atoms with Crippen molar-refractivity contribution in [2.45, 2.75) is 75.6 Å². The van der Waals surface area contributed by atoms with Crippen molar-refractivity contribution in [2.75, 3.05) is 19.6 Å². The third-order valence-electron chi connectivity index (χ3n) is 6.39. The molecule has 0 saturated carbocycles. The van der Waals surface area contributed by atoms with Crippen LogP contribution in [-0.4, -0.2) is 44.4 Å². The second-order valence-corrected chi connectivity index (χ2v) is 10.6. The lowest BCUT2D eigenvalue weighted by Gasteiger charge is -2.45. The highest BCUT2D eigenvalue weighted by atomic mass is 32.2. The average molecular weight is 404 g/mol. The molecule has 5 nitrogen and oxygen atoms in total. The molecule has 6 heteroatoms. The lowest BCUT2D eigenvalue weighted by Crippen LogP contribution is -2.54. The topological polar surface area (TPSA) is 73.2 Å². The first-order valence-electron chi connectivity index (χ1n) is 10.5. The summed E-state index contributed by atoms with van der Waals surface area (Å²) in [7, 11) is -3.47. The molecule has 1 N–H and O–H groups in total. The van der Waals surface area contributed by atoms with Gasteiger partial charge < -0.3 is 5.32 Å². The lowest BCUT2D eigenvalue weighted by atomic mass is 9.90. The first-order chi connectivity index (χ1) is 13.3. The number of benzene rings is 1. The lowest BCUT2D eigenvalue weighted by molar-refractivity contribution is 0.0874. The summed E-state index contributed by atoms with van der Waals surface area (Å²) in [5.41, 5.74) is 2.79. The summed E-state index contributed by atoms with van der Waals surface area (Å²) in [6, 6.07) is 6.50. The molecule has 0 amide bonds. The van der Waals surface area contributed by atoms with E-state index in [1.54, 1.807) is 0 Å². The quantitative estimate of drug-likeness (QED) is 0.815. The van der Waals surface area contributed by atoms with Crippen LogP contribution in [0.5, 0.6) is 0 Å². The second kappa shape index (κ2) is 8.94. The van der Waals surface area contributed by atoms with Crippen molar-refractivity contribution in [1.82, 2.24) is 10.2 Å². The number of nitriles is 1. The highest BCUT2D eigenvalue weighted by Crippen LogP contribution is 2.37. The minimum Gasteiger partial charge on any atom is -0.317 e. The van der Waals surface area contributed by atoms with Crippen LogP contribution in [0, 0.1) is 38.0 Å². The maximum Gasteiger partial charge on any atom is 0.194 e. The molecule has 0 spiro atoms. The molecule has 1 unspecified atom stereocenters. The number of piperidine rings is 2. The third-order valence-corrected chi connectivity index (χ3v) is 8.78. The van der Waals surface area contributed by atoms with E-state index in [9.17, 15) is 8.42 Å². The van der Waals surface area contributed by atoms with Gasteiger partial charge in [0.05, 0.1) is 11.0 Å². The highest BCUT2D eigenvalue weighted by molar-refractivity contribution is 7.92. The molecule has 0 aliphatic carbocycles. The molecule has 0 radical (unpaired) electrons. The van der Waals surface area contributed by atoms with E-state index in [0.717, 1.165) is 62.0 Å². The van der Waals surface area contributed by atoms with Gasteiger partial charge >= 0.3 is 0 Å². The molecule has 28 heavy (non-hydrogen) atoms. The number of aryl methyl sites for hydroxylation is 3. The molecule has 2 aliphatic heterocycles. The van der Waals surface area contributed by atoms with Gasteiger partial charge in [-0.3, -0.25) is 4.90 Å². The van der Waals surface area contributed by atoms with Crippen molar-refractivity contribution in [2.24, 2.45) is 5.92 Å². The van der Waals surface area contributed by atoms with E-state index >= 15 is 0 Å². The number of rotatable bonds is 5. The van der Waals surface area contributed by atoms with Gasteiger partial charge in [-0.25, -0.2) is 8.42 Å². The van der Waals surface area contributed by atoms with Crippen LogP contribution in [0.15, 0.2) is 17.0 Å². The van der Waals surface area contributed by atoms with E-state index in [1.807, 2.05) is 32.9 Å². The van der Waals surface area contributed by atoms with Gasteiger partial charge in [0.15, 0.2) is 9.84 Å². The standard InChI is InChI=1S/C22H33N3O2S/c1-16-13-17(2)22(18(3)14-16)28(26,27)21-15-19(5-4-9-23)8-12-25(21)20-6-10-24-11-7-20/h13-14,19-21,24H,4-8,10-12,15H2,1-3H3/t19?,21-/m1/s1. The molecule has 1 aromatic rings. The molecule has 2 saturated heterocycles. The van der Waals surface area contributed by atoms with Gasteiger partial charge in [0, 0.05) is 12.5 Å². The van der Waals surface area contributed by atoms with Crippen LogP contribution in [0.3, 0.4) is 0 Å². The predicted molar refractivity (Wildman–Crippen MR) is 112 cm³/mol. The highest BCUT2D eigenvalue weighted by Gasteiger charge is 2.42. The third kappa shape index (κ3) is 4.42. The van der Waals surface area contributed by atoms with Crippen LogP contribution < -0.4 is 5.32 Å². The SMILES string of the molecule is Cc1cc(C)c(S(=O)(=O)[C@@H]2CC(CCC#N)CCN2C2CCNCC2)c(C)c1. The molecule has 3 rings (SSSR count). The fourth-order valence-corrected chi connectivity index (χ4v) is 7.60. The summed E-state index contributed by atoms with van der Waals surface area (Å²) in [5.74, 6) is 0.309. The van der Waals surface area contributed by atoms with Crippen molar-refractivity contribution in [3.05, 3.63) is 28.8 Å². The van der Waals surface area contributed by atoms with Crippen LogP contribution in [0.1, 0.15) is 55.2 Å². The summed E-state index contributed by atoms with van der Waals surface area (Å²) in [6.07, 6.45) is 4.94. The fourth-order valence-electron chi connectivity index (χ4n) is 5.16. The number of nitrogens with one attached hydrogen (secondary N) is 1. The second-order valence-electron chi connectivity index (χ2n) is 8.53. The van der Waals surface area contributed by atoms with Crippen LogP contribution in [0.2, 0.25) is 0 Å². The Balaban J connectivity index is 1.97. The normalized spacial score (nSPS) is 24.8. The molecule has 0 bridgehead atoms. The summed E-state index contributed by atoms with van der Waals surface area (Å²) in [4.78, 5) is 2.79. The van der Waals surface area contributed by atoms with E-state index in [4.69, 9.17) is 5.26 Å². The zero-order valence-corrected chi connectivity index (χ0v) is 18.2. The van der Waals surface area contributed by atoms with Crippen molar-refractivity contribution in [1.29, 1.82) is 5.26 Å². The minimum atomic E-state index is -3.47. The Kier molecular flexibility index (Phi) is 6.80. The van der Waals surface area contributed by atoms with Gasteiger partial charge in [-0.15, -0.1) is 0 Å². The molecular formula is C22H33N3O2S. The minimum absolute atomic E-state index is 0.309. The molecule has 0 aromatic heterocycles. The molecule has 2 heterocycles. The monoisotopic (exact) mass is 403 g/mol. The Morgan fingerprint density at radius 3 is 2.39 bits per heavy atom. The zero-order chi connectivity index (χ0) is 20.3. The number of likely N-dealkylation sites (tertiary alicyclic amines) is 1. The van der Waals surface area contributed by atoms with Crippen LogP contribution in [0.25, 0.3) is 0 Å². The number of nitrogens with zero attached hydrogens (tertiary/aromatic N) is 2. The van der Waals surface area contributed by atoms with Gasteiger partial charge in [0.2, 0.25) is 0 Å². The van der Waals surface area contributed by atoms with Gasteiger partial charge in [-0.2, -0.15) is 5.26 Å². The predicted octanol–water partition coefficient (Wildman–Crippen LogP) is 3.48. The molecule has 154 valence electrons. The molecule has 2 fully saturated rings. The smallest absolute Gasteiger partial charge is 0.194 e. The summed E-state index contributed by atoms with van der Waals surface area (Å²) < 4.78 is 27.8. The maximum absolute atomic E-state index is 13.9. The first-order valence-corrected chi connectivity index (χ1v) is 12.0. The molecular weight excluding hydrogens is 370 g/mol. The van der Waals surface area contributed by atoms with Gasteiger partial charge in [0.25, 0.3) is 0 Å². The van der Waals surface area contributed by atoms with Gasteiger partial charge in [0.1, 0.15) is 5.37 Å². The Hall–Kier alpha value is -1.42. The molecule has 2 atom stereocenters. The van der Waals surface area contributed by atoms with Crippen molar-refractivity contribution in [3.8, 4) is 6.07 Å². The van der Waals surface area contributed by atoms with Gasteiger partial charge in [-0.05, 0) is 89.6 Å². The van der Waals surface area contributed by atoms with E-state index in [2.05, 4.69) is 16.3 Å². The Bertz CT molecular complexity index is 815. The summed E-state index contributed by atoms with van der Waals surface area (Å²) in [5, 5.41) is 11.9. The number of hydrogen-bond donors (Lipinski definition) is 1. The number of hydrogen-bond acceptors (Lipinski definition) is 5. The van der Waals surface area contributed by atoms with Crippen LogP contribution in [0.4, 0.5) is 0 Å². The van der Waals surface area contributed by atoms with Crippen LogP contribution in [-0.2, 0) is 9.84 Å². The summed E-state index contributed by atoms with van der Waals surface area (Å²) in [6.45, 7) is 8.56. The fraction of sp³-hybridized carbons (Fsp3) is 0.682. The van der Waals surface area contributed by atoms with Crippen molar-refractivity contribution in [3.63, 3.8) is 0 Å². The van der Waals surface area contributed by atoms with E-state index < -0.39 is 15.2 Å². The van der Waals surface area contributed by atoms with Crippen molar-refractivity contribution >= 4 is 9.84 Å². The molecule has 2 aliphatic rings. The average Bonchev–Trinajstić information content (AvgIpc) is 2.66. The largest absolute Gasteiger partial charge is 0.317 e. The van der Waals surface area contributed by atoms with Crippen LogP contribution >= 0.6 is 0 Å². The molecule has 1 aromatic carbocycles. The van der Waals surface area contributed by atoms with E-state index in [-0.39, 0.29) is 0 Å². The Morgan fingerprint density at radius 2 is 1.79 bits per heavy atom. The zero-order valence-electron chi connectivity index (χ0n) is 17.4. The Morgan fingerprint density at radius 1 is 1.14 bits per heavy atom. The maximum atomic E-state index is 13.9. The summed E-state index contributed by atoms with van der Waals surface area (Å²) >= 11 is 0. The first kappa shape index (κ1) is 21.3. The van der Waals surface area contributed by atoms with E-state index in [0.29, 0.717) is 29.7 Å². The number of sulfone groups is 1. The van der Waals surface area contributed by atoms with Gasteiger partial charge in [-0.1, -0.05) is 17.7 Å². The van der Waals surface area contributed by atoms with Crippen molar-refractivity contribution < 1.29 is 8.42 Å². The Labute approximate surface area is 170 Å².